The first-order valence-corrected chi connectivity index (χ1v) is 7.69. The van der Waals surface area contributed by atoms with Crippen molar-refractivity contribution in [3.63, 3.8) is 0 Å². The van der Waals surface area contributed by atoms with Gasteiger partial charge in [-0.05, 0) is 30.9 Å². The quantitative estimate of drug-likeness (QED) is 0.871. The molecule has 21 heavy (non-hydrogen) atoms. The normalized spacial score (nSPS) is 24.8. The van der Waals surface area contributed by atoms with Gasteiger partial charge in [0.15, 0.2) is 0 Å². The molecule has 0 spiro atoms. The average molecular weight is 281 g/mol. The molecule has 2 heterocycles. The van der Waals surface area contributed by atoms with E-state index in [1.54, 1.807) is 6.20 Å². The standard InChI is InChI=1S/C18H19NO2/c20-18(13-6-1-2-7-13)14-9-5-11-19-16(14)12-21-17-10-4-3-8-15(17)18/h3-5,8-11,13,20H,1-2,6-7,12H2. The van der Waals surface area contributed by atoms with E-state index >= 15 is 0 Å². The van der Waals surface area contributed by atoms with E-state index in [2.05, 4.69) is 4.98 Å². The molecule has 2 aromatic rings. The van der Waals surface area contributed by atoms with E-state index in [1.165, 1.54) is 12.8 Å². The molecule has 1 atom stereocenters. The van der Waals surface area contributed by atoms with Crippen LogP contribution in [-0.2, 0) is 12.2 Å². The SMILES string of the molecule is OC1(C2CCCC2)c2ccccc2OCc2ncccc21. The van der Waals surface area contributed by atoms with Crippen molar-refractivity contribution in [2.24, 2.45) is 5.92 Å². The third kappa shape index (κ3) is 1.88. The molecule has 0 amide bonds. The van der Waals surface area contributed by atoms with Crippen LogP contribution >= 0.6 is 0 Å². The maximum absolute atomic E-state index is 11.7. The molecule has 1 aromatic carbocycles. The predicted octanol–water partition coefficient (Wildman–Crippen LogP) is 3.40. The number of hydrogen-bond acceptors (Lipinski definition) is 3. The van der Waals surface area contributed by atoms with E-state index in [-0.39, 0.29) is 5.92 Å². The van der Waals surface area contributed by atoms with Gasteiger partial charge in [0.25, 0.3) is 0 Å². The van der Waals surface area contributed by atoms with Crippen LogP contribution < -0.4 is 4.74 Å². The molecule has 1 aromatic heterocycles. The van der Waals surface area contributed by atoms with E-state index < -0.39 is 5.60 Å². The minimum atomic E-state index is -0.979. The Morgan fingerprint density at radius 3 is 2.67 bits per heavy atom. The molecule has 0 radical (unpaired) electrons. The van der Waals surface area contributed by atoms with E-state index in [1.807, 2.05) is 36.4 Å². The highest BCUT2D eigenvalue weighted by Crippen LogP contribution is 2.49. The maximum atomic E-state index is 11.7. The lowest BCUT2D eigenvalue weighted by atomic mass is 9.74. The summed E-state index contributed by atoms with van der Waals surface area (Å²) in [4.78, 5) is 4.44. The summed E-state index contributed by atoms with van der Waals surface area (Å²) in [6.07, 6.45) is 6.25. The molecule has 0 saturated heterocycles. The van der Waals surface area contributed by atoms with Crippen molar-refractivity contribution >= 4 is 0 Å². The zero-order chi connectivity index (χ0) is 14.3. The molecule has 1 N–H and O–H groups in total. The summed E-state index contributed by atoms with van der Waals surface area (Å²) < 4.78 is 5.91. The molecule has 3 heteroatoms. The lowest BCUT2D eigenvalue weighted by Crippen LogP contribution is -2.35. The first-order valence-electron chi connectivity index (χ1n) is 7.69. The molecule has 1 fully saturated rings. The van der Waals surface area contributed by atoms with Crippen LogP contribution in [0.4, 0.5) is 0 Å². The van der Waals surface area contributed by atoms with E-state index in [0.29, 0.717) is 6.61 Å². The Morgan fingerprint density at radius 1 is 1.05 bits per heavy atom. The van der Waals surface area contributed by atoms with Gasteiger partial charge < -0.3 is 9.84 Å². The first kappa shape index (κ1) is 12.8. The number of fused-ring (bicyclic) bond motifs is 2. The molecular formula is C18H19NO2. The second-order valence-electron chi connectivity index (χ2n) is 6.03. The van der Waals surface area contributed by atoms with Crippen molar-refractivity contribution in [3.8, 4) is 5.75 Å². The Morgan fingerprint density at radius 2 is 1.81 bits per heavy atom. The van der Waals surface area contributed by atoms with Crippen LogP contribution in [0, 0.1) is 5.92 Å². The lowest BCUT2D eigenvalue weighted by Gasteiger charge is -2.35. The number of aliphatic hydroxyl groups is 1. The summed E-state index contributed by atoms with van der Waals surface area (Å²) in [5.74, 6) is 1.02. The smallest absolute Gasteiger partial charge is 0.131 e. The Kier molecular flexibility index (Phi) is 2.96. The van der Waals surface area contributed by atoms with Gasteiger partial charge in [0.2, 0.25) is 0 Å². The Labute approximate surface area is 124 Å². The van der Waals surface area contributed by atoms with Crippen LogP contribution in [0.5, 0.6) is 5.75 Å². The molecule has 4 rings (SSSR count). The predicted molar refractivity (Wildman–Crippen MR) is 80.0 cm³/mol. The van der Waals surface area contributed by atoms with Crippen molar-refractivity contribution in [1.29, 1.82) is 0 Å². The van der Waals surface area contributed by atoms with E-state index in [0.717, 1.165) is 35.4 Å². The lowest BCUT2D eigenvalue weighted by molar-refractivity contribution is 0.0181. The number of para-hydroxylation sites is 1. The minimum absolute atomic E-state index is 0.239. The molecular weight excluding hydrogens is 262 g/mol. The summed E-state index contributed by atoms with van der Waals surface area (Å²) in [7, 11) is 0. The van der Waals surface area contributed by atoms with Crippen molar-refractivity contribution in [1.82, 2.24) is 4.98 Å². The fraction of sp³-hybridized carbons (Fsp3) is 0.389. The molecule has 1 aliphatic carbocycles. The zero-order valence-electron chi connectivity index (χ0n) is 12.0. The van der Waals surface area contributed by atoms with E-state index in [4.69, 9.17) is 4.74 Å². The van der Waals surface area contributed by atoms with Gasteiger partial charge >= 0.3 is 0 Å². The van der Waals surface area contributed by atoms with Gasteiger partial charge in [-0.1, -0.05) is 37.1 Å². The number of pyridine rings is 1. The second kappa shape index (κ2) is 4.85. The van der Waals surface area contributed by atoms with Crippen LogP contribution in [0.1, 0.15) is 42.5 Å². The van der Waals surface area contributed by atoms with Gasteiger partial charge in [-0.3, -0.25) is 4.98 Å². The van der Waals surface area contributed by atoms with Crippen LogP contribution in [0.2, 0.25) is 0 Å². The summed E-state index contributed by atoms with van der Waals surface area (Å²) in [5, 5.41) is 11.7. The highest BCUT2D eigenvalue weighted by atomic mass is 16.5. The molecule has 3 nitrogen and oxygen atoms in total. The minimum Gasteiger partial charge on any atom is -0.487 e. The Balaban J connectivity index is 1.97. The van der Waals surface area contributed by atoms with Crippen LogP contribution in [-0.4, -0.2) is 10.1 Å². The molecule has 1 aliphatic heterocycles. The topological polar surface area (TPSA) is 42.4 Å². The third-order valence-electron chi connectivity index (χ3n) is 4.91. The highest BCUT2D eigenvalue weighted by molar-refractivity contribution is 5.48. The van der Waals surface area contributed by atoms with Gasteiger partial charge in [0, 0.05) is 17.3 Å². The summed E-state index contributed by atoms with van der Waals surface area (Å²) >= 11 is 0. The number of rotatable bonds is 1. The zero-order valence-corrected chi connectivity index (χ0v) is 12.0. The summed E-state index contributed by atoms with van der Waals surface area (Å²) in [5.41, 5.74) is 1.68. The fourth-order valence-electron chi connectivity index (χ4n) is 3.88. The van der Waals surface area contributed by atoms with Crippen molar-refractivity contribution in [2.75, 3.05) is 0 Å². The fourth-order valence-corrected chi connectivity index (χ4v) is 3.88. The van der Waals surface area contributed by atoms with Gasteiger partial charge in [0.1, 0.15) is 18.0 Å². The van der Waals surface area contributed by atoms with Gasteiger partial charge in [-0.2, -0.15) is 0 Å². The number of hydrogen-bond donors (Lipinski definition) is 1. The Hall–Kier alpha value is -1.87. The van der Waals surface area contributed by atoms with Crippen molar-refractivity contribution in [2.45, 2.75) is 37.9 Å². The van der Waals surface area contributed by atoms with E-state index in [9.17, 15) is 5.11 Å². The number of nitrogens with zero attached hydrogens (tertiary/aromatic N) is 1. The molecule has 2 aliphatic rings. The van der Waals surface area contributed by atoms with Gasteiger partial charge in [0.05, 0.1) is 5.69 Å². The molecule has 0 bridgehead atoms. The highest BCUT2D eigenvalue weighted by Gasteiger charge is 2.45. The van der Waals surface area contributed by atoms with Crippen LogP contribution in [0.3, 0.4) is 0 Å². The number of ether oxygens (including phenoxy) is 1. The Bertz CT molecular complexity index is 614. The van der Waals surface area contributed by atoms with Crippen LogP contribution in [0.25, 0.3) is 0 Å². The van der Waals surface area contributed by atoms with Gasteiger partial charge in [-0.15, -0.1) is 0 Å². The van der Waals surface area contributed by atoms with Crippen LogP contribution in [0.15, 0.2) is 42.6 Å². The van der Waals surface area contributed by atoms with Crippen molar-refractivity contribution < 1.29 is 9.84 Å². The number of benzene rings is 1. The molecule has 108 valence electrons. The number of aromatic nitrogens is 1. The molecule has 1 saturated carbocycles. The monoisotopic (exact) mass is 281 g/mol. The van der Waals surface area contributed by atoms with Gasteiger partial charge in [-0.25, -0.2) is 0 Å². The molecule has 1 unspecified atom stereocenters. The maximum Gasteiger partial charge on any atom is 0.131 e. The summed E-state index contributed by atoms with van der Waals surface area (Å²) in [6, 6.07) is 11.8. The second-order valence-corrected chi connectivity index (χ2v) is 6.03. The largest absolute Gasteiger partial charge is 0.487 e. The van der Waals surface area contributed by atoms with Crippen molar-refractivity contribution in [3.05, 3.63) is 59.4 Å². The summed E-state index contributed by atoms with van der Waals surface area (Å²) in [6.45, 7) is 0.419. The first-order chi connectivity index (χ1) is 10.3. The average Bonchev–Trinajstić information content (AvgIpc) is 3.04. The third-order valence-corrected chi connectivity index (χ3v) is 4.91.